The van der Waals surface area contributed by atoms with Gasteiger partial charge in [-0.05, 0) is 49.7 Å². The second kappa shape index (κ2) is 5.42. The Bertz CT molecular complexity index is 725. The van der Waals surface area contributed by atoms with Gasteiger partial charge in [-0.15, -0.1) is 0 Å². The molecule has 0 amide bonds. The molecule has 23 heavy (non-hydrogen) atoms. The highest BCUT2D eigenvalue weighted by molar-refractivity contribution is 7.89. The van der Waals surface area contributed by atoms with E-state index in [0.29, 0.717) is 36.0 Å². The van der Waals surface area contributed by atoms with Crippen molar-refractivity contribution in [3.05, 3.63) is 29.8 Å². The second-order valence-corrected chi connectivity index (χ2v) is 9.34. The Morgan fingerprint density at radius 3 is 2.39 bits per heavy atom. The molecular formula is C18H25NO3S. The molecule has 0 heterocycles. The Morgan fingerprint density at radius 1 is 1.22 bits per heavy atom. The van der Waals surface area contributed by atoms with E-state index in [9.17, 15) is 13.2 Å². The molecule has 1 N–H and O–H groups in total. The van der Waals surface area contributed by atoms with Gasteiger partial charge in [-0.3, -0.25) is 4.79 Å². The fraction of sp³-hybridized carbons (Fsp3) is 0.611. The quantitative estimate of drug-likeness (QED) is 0.899. The van der Waals surface area contributed by atoms with Crippen molar-refractivity contribution in [2.45, 2.75) is 51.3 Å². The van der Waals surface area contributed by atoms with Crippen LogP contribution >= 0.6 is 0 Å². The predicted molar refractivity (Wildman–Crippen MR) is 89.5 cm³/mol. The average molecular weight is 335 g/mol. The third-order valence-electron chi connectivity index (χ3n) is 6.47. The minimum absolute atomic E-state index is 0.0835. The molecule has 2 saturated carbocycles. The maximum absolute atomic E-state index is 12.4. The number of carbonyl (C=O) groups is 1. The Labute approximate surface area is 138 Å². The molecule has 0 spiro atoms. The van der Waals surface area contributed by atoms with Crippen molar-refractivity contribution in [3.63, 3.8) is 0 Å². The van der Waals surface area contributed by atoms with Crippen molar-refractivity contribution in [2.24, 2.45) is 16.7 Å². The topological polar surface area (TPSA) is 63.2 Å². The van der Waals surface area contributed by atoms with Crippen LogP contribution in [0.2, 0.25) is 0 Å². The first kappa shape index (κ1) is 16.7. The second-order valence-electron chi connectivity index (χ2n) is 7.57. The Morgan fingerprint density at radius 2 is 1.87 bits per heavy atom. The lowest BCUT2D eigenvalue weighted by Crippen LogP contribution is -2.38. The number of Topliss-reactive ketones (excluding diaryl/α,β-unsaturated/α-hetero) is 1. The molecule has 1 aromatic rings. The number of sulfonamides is 1. The fourth-order valence-corrected chi connectivity index (χ4v) is 5.51. The zero-order valence-electron chi connectivity index (χ0n) is 14.1. The number of aryl methyl sites for hydroxylation is 1. The van der Waals surface area contributed by atoms with E-state index >= 15 is 0 Å². The number of hydrogen-bond acceptors (Lipinski definition) is 3. The molecule has 4 nitrogen and oxygen atoms in total. The van der Waals surface area contributed by atoms with Gasteiger partial charge < -0.3 is 0 Å². The Kier molecular flexibility index (Phi) is 3.92. The molecule has 2 fully saturated rings. The number of ketones is 1. The van der Waals surface area contributed by atoms with Crippen molar-refractivity contribution < 1.29 is 13.2 Å². The summed E-state index contributed by atoms with van der Waals surface area (Å²) >= 11 is 0. The van der Waals surface area contributed by atoms with Gasteiger partial charge in [-0.25, -0.2) is 13.1 Å². The minimum atomic E-state index is -3.48. The highest BCUT2D eigenvalue weighted by atomic mass is 32.2. The highest BCUT2D eigenvalue weighted by Crippen LogP contribution is 2.65. The van der Waals surface area contributed by atoms with Gasteiger partial charge in [0.15, 0.2) is 0 Å². The van der Waals surface area contributed by atoms with E-state index in [-0.39, 0.29) is 10.8 Å². The van der Waals surface area contributed by atoms with E-state index in [4.69, 9.17) is 0 Å². The number of fused-ring (bicyclic) bond motifs is 2. The summed E-state index contributed by atoms with van der Waals surface area (Å²) in [6.07, 6.45) is 3.41. The number of rotatable bonds is 5. The molecule has 126 valence electrons. The molecule has 2 aliphatic carbocycles. The zero-order valence-corrected chi connectivity index (χ0v) is 14.9. The first-order chi connectivity index (χ1) is 10.7. The molecule has 0 aliphatic heterocycles. The van der Waals surface area contributed by atoms with Crippen molar-refractivity contribution >= 4 is 15.8 Å². The lowest BCUT2D eigenvalue weighted by molar-refractivity contribution is -0.128. The summed E-state index contributed by atoms with van der Waals surface area (Å²) in [6.45, 7) is 6.54. The van der Waals surface area contributed by atoms with Gasteiger partial charge in [0.05, 0.1) is 4.90 Å². The molecule has 1 aromatic carbocycles. The van der Waals surface area contributed by atoms with Crippen LogP contribution in [0.3, 0.4) is 0 Å². The molecule has 0 saturated heterocycles. The van der Waals surface area contributed by atoms with Gasteiger partial charge in [-0.2, -0.15) is 0 Å². The monoisotopic (exact) mass is 335 g/mol. The third-order valence-corrected chi connectivity index (χ3v) is 7.95. The van der Waals surface area contributed by atoms with Crippen LogP contribution in [-0.4, -0.2) is 20.7 Å². The van der Waals surface area contributed by atoms with Crippen LogP contribution in [-0.2, 0) is 14.8 Å². The standard InChI is InChI=1S/C18H25NO3S/c1-13-4-6-15(7-5-13)23(21,22)19-11-10-17(2)14-8-9-18(17,3)16(20)12-14/h4-7,14,19H,8-12H2,1-3H3/t14-,17-,18-/m1/s1. The molecule has 5 heteroatoms. The van der Waals surface area contributed by atoms with Crippen LogP contribution < -0.4 is 4.72 Å². The van der Waals surface area contributed by atoms with Crippen LogP contribution in [0.1, 0.15) is 45.1 Å². The van der Waals surface area contributed by atoms with Crippen LogP contribution in [0, 0.1) is 23.7 Å². The van der Waals surface area contributed by atoms with Crippen molar-refractivity contribution in [1.82, 2.24) is 4.72 Å². The highest BCUT2D eigenvalue weighted by Gasteiger charge is 2.63. The van der Waals surface area contributed by atoms with Crippen LogP contribution in [0.4, 0.5) is 0 Å². The lowest BCUT2D eigenvalue weighted by atomic mass is 9.67. The van der Waals surface area contributed by atoms with Crippen molar-refractivity contribution in [3.8, 4) is 0 Å². The largest absolute Gasteiger partial charge is 0.299 e. The lowest BCUT2D eigenvalue weighted by Gasteiger charge is -2.36. The van der Waals surface area contributed by atoms with Gasteiger partial charge in [-0.1, -0.05) is 31.5 Å². The molecule has 0 aromatic heterocycles. The van der Waals surface area contributed by atoms with Gasteiger partial charge in [0.1, 0.15) is 5.78 Å². The fourth-order valence-electron chi connectivity index (χ4n) is 4.48. The maximum atomic E-state index is 12.4. The first-order valence-electron chi connectivity index (χ1n) is 8.29. The van der Waals surface area contributed by atoms with Gasteiger partial charge in [0.25, 0.3) is 0 Å². The number of nitrogens with one attached hydrogen (secondary N) is 1. The molecular weight excluding hydrogens is 310 g/mol. The average Bonchev–Trinajstić information content (AvgIpc) is 2.83. The van der Waals surface area contributed by atoms with E-state index < -0.39 is 10.0 Å². The summed E-state index contributed by atoms with van der Waals surface area (Å²) in [5.74, 6) is 0.765. The van der Waals surface area contributed by atoms with E-state index in [1.165, 1.54) is 0 Å². The van der Waals surface area contributed by atoms with E-state index in [0.717, 1.165) is 18.4 Å². The third kappa shape index (κ3) is 2.54. The Hall–Kier alpha value is -1.20. The van der Waals surface area contributed by atoms with Gasteiger partial charge in [0.2, 0.25) is 10.0 Å². The van der Waals surface area contributed by atoms with Gasteiger partial charge in [0, 0.05) is 18.4 Å². The number of carbonyl (C=O) groups excluding carboxylic acids is 1. The van der Waals surface area contributed by atoms with E-state index in [2.05, 4.69) is 18.6 Å². The number of benzene rings is 1. The summed E-state index contributed by atoms with van der Waals surface area (Å²) in [6, 6.07) is 6.85. The summed E-state index contributed by atoms with van der Waals surface area (Å²) in [5, 5.41) is 0. The summed E-state index contributed by atoms with van der Waals surface area (Å²) < 4.78 is 27.4. The SMILES string of the molecule is Cc1ccc(S(=O)(=O)NCC[C@]2(C)[C@@H]3CC[C@]2(C)C(=O)C3)cc1. The zero-order chi connectivity index (χ0) is 16.9. The summed E-state index contributed by atoms with van der Waals surface area (Å²) in [4.78, 5) is 12.5. The number of hydrogen-bond donors (Lipinski definition) is 1. The van der Waals surface area contributed by atoms with Gasteiger partial charge >= 0.3 is 0 Å². The van der Waals surface area contributed by atoms with Crippen LogP contribution in [0.25, 0.3) is 0 Å². The maximum Gasteiger partial charge on any atom is 0.240 e. The van der Waals surface area contributed by atoms with Crippen LogP contribution in [0.15, 0.2) is 29.2 Å². The summed E-state index contributed by atoms with van der Waals surface area (Å²) in [5.41, 5.74) is 0.678. The van der Waals surface area contributed by atoms with E-state index in [1.54, 1.807) is 24.3 Å². The molecule has 2 bridgehead atoms. The minimum Gasteiger partial charge on any atom is -0.299 e. The Balaban J connectivity index is 1.68. The normalized spacial score (nSPS) is 33.3. The first-order valence-corrected chi connectivity index (χ1v) is 9.77. The predicted octanol–water partition coefficient (Wildman–Crippen LogP) is 3.06. The van der Waals surface area contributed by atoms with Crippen molar-refractivity contribution in [2.75, 3.05) is 6.54 Å². The molecule has 0 radical (unpaired) electrons. The van der Waals surface area contributed by atoms with E-state index in [1.807, 2.05) is 6.92 Å². The van der Waals surface area contributed by atoms with Crippen molar-refractivity contribution in [1.29, 1.82) is 0 Å². The molecule has 3 atom stereocenters. The molecule has 3 rings (SSSR count). The smallest absolute Gasteiger partial charge is 0.240 e. The van der Waals surface area contributed by atoms with Crippen LogP contribution in [0.5, 0.6) is 0 Å². The molecule has 2 aliphatic rings. The molecule has 0 unspecified atom stereocenters. The summed E-state index contributed by atoms with van der Waals surface area (Å²) in [7, 11) is -3.48.